The molecular weight excluding hydrogens is 136 g/mol. The number of rotatable bonds is 2. The zero-order chi connectivity index (χ0) is 8.10. The van der Waals surface area contributed by atoms with Crippen molar-refractivity contribution in [3.63, 3.8) is 0 Å². The fourth-order valence-corrected chi connectivity index (χ4v) is 1.97. The highest BCUT2D eigenvalue weighted by atomic mass is 16.5. The van der Waals surface area contributed by atoms with Crippen molar-refractivity contribution in [1.29, 1.82) is 0 Å². The Bertz CT molecular complexity index is 93.0. The Labute approximate surface area is 70.1 Å². The second kappa shape index (κ2) is 4.76. The molecule has 1 saturated carbocycles. The molecule has 0 N–H and O–H groups in total. The molecule has 0 spiro atoms. The largest absolute Gasteiger partial charge is 0.381 e. The van der Waals surface area contributed by atoms with Gasteiger partial charge in [-0.15, -0.1) is 0 Å². The van der Waals surface area contributed by atoms with E-state index in [2.05, 4.69) is 6.92 Å². The molecule has 0 heterocycles. The minimum absolute atomic E-state index is 0.480. The monoisotopic (exact) mass is 156 g/mol. The molecule has 1 aliphatic carbocycles. The van der Waals surface area contributed by atoms with E-state index >= 15 is 0 Å². The van der Waals surface area contributed by atoms with Crippen LogP contribution in [0.5, 0.6) is 0 Å². The lowest BCUT2D eigenvalue weighted by atomic mass is 9.95. The summed E-state index contributed by atoms with van der Waals surface area (Å²) in [6.07, 6.45) is 8.95. The van der Waals surface area contributed by atoms with Crippen molar-refractivity contribution >= 4 is 0 Å². The first-order valence-corrected chi connectivity index (χ1v) is 4.87. The van der Waals surface area contributed by atoms with Crippen LogP contribution >= 0.6 is 0 Å². The SMILES string of the molecule is COC(C)C1CCCCCC1. The maximum Gasteiger partial charge on any atom is 0.0571 e. The highest BCUT2D eigenvalue weighted by Gasteiger charge is 2.17. The lowest BCUT2D eigenvalue weighted by Crippen LogP contribution is -2.18. The average molecular weight is 156 g/mol. The molecule has 1 nitrogen and oxygen atoms in total. The van der Waals surface area contributed by atoms with Crippen molar-refractivity contribution in [3.8, 4) is 0 Å². The fraction of sp³-hybridized carbons (Fsp3) is 1.00. The first-order valence-electron chi connectivity index (χ1n) is 4.87. The molecule has 0 aliphatic heterocycles. The van der Waals surface area contributed by atoms with Crippen LogP contribution in [0.25, 0.3) is 0 Å². The normalized spacial score (nSPS) is 24.5. The third-order valence-corrected chi connectivity index (χ3v) is 2.94. The molecule has 1 atom stereocenters. The molecule has 0 aromatic carbocycles. The minimum Gasteiger partial charge on any atom is -0.381 e. The summed E-state index contributed by atoms with van der Waals surface area (Å²) in [4.78, 5) is 0. The van der Waals surface area contributed by atoms with Gasteiger partial charge in [-0.3, -0.25) is 0 Å². The summed E-state index contributed by atoms with van der Waals surface area (Å²) in [5, 5.41) is 0. The average Bonchev–Trinajstić information content (AvgIpc) is 2.30. The van der Waals surface area contributed by atoms with Crippen LogP contribution < -0.4 is 0 Å². The van der Waals surface area contributed by atoms with Crippen molar-refractivity contribution in [2.75, 3.05) is 7.11 Å². The first-order chi connectivity index (χ1) is 5.34. The van der Waals surface area contributed by atoms with E-state index in [1.165, 1.54) is 38.5 Å². The third-order valence-electron chi connectivity index (χ3n) is 2.94. The number of methoxy groups -OCH3 is 1. The zero-order valence-electron chi connectivity index (χ0n) is 7.81. The molecule has 1 unspecified atom stereocenters. The van der Waals surface area contributed by atoms with Crippen LogP contribution in [0.2, 0.25) is 0 Å². The molecule has 0 amide bonds. The van der Waals surface area contributed by atoms with E-state index in [0.29, 0.717) is 6.10 Å². The maximum atomic E-state index is 5.35. The van der Waals surface area contributed by atoms with Gasteiger partial charge in [0.25, 0.3) is 0 Å². The van der Waals surface area contributed by atoms with Crippen molar-refractivity contribution in [1.82, 2.24) is 0 Å². The Kier molecular flexibility index (Phi) is 3.92. The molecule has 11 heavy (non-hydrogen) atoms. The molecule has 66 valence electrons. The highest BCUT2D eigenvalue weighted by Crippen LogP contribution is 2.26. The van der Waals surface area contributed by atoms with Crippen LogP contribution in [0.3, 0.4) is 0 Å². The highest BCUT2D eigenvalue weighted by molar-refractivity contribution is 4.69. The van der Waals surface area contributed by atoms with Crippen LogP contribution in [0, 0.1) is 5.92 Å². The number of hydrogen-bond donors (Lipinski definition) is 0. The van der Waals surface area contributed by atoms with Crippen LogP contribution in [-0.2, 0) is 4.74 Å². The summed E-state index contributed by atoms with van der Waals surface area (Å²) in [7, 11) is 1.83. The Morgan fingerprint density at radius 1 is 1.09 bits per heavy atom. The van der Waals surface area contributed by atoms with E-state index < -0.39 is 0 Å². The summed E-state index contributed by atoms with van der Waals surface area (Å²) >= 11 is 0. The topological polar surface area (TPSA) is 9.23 Å². The van der Waals surface area contributed by atoms with Crippen LogP contribution in [0.15, 0.2) is 0 Å². The van der Waals surface area contributed by atoms with Crippen LogP contribution in [-0.4, -0.2) is 13.2 Å². The van der Waals surface area contributed by atoms with Gasteiger partial charge in [-0.25, -0.2) is 0 Å². The predicted molar refractivity (Wildman–Crippen MR) is 47.7 cm³/mol. The molecule has 0 radical (unpaired) electrons. The molecule has 0 aromatic rings. The van der Waals surface area contributed by atoms with E-state index in [4.69, 9.17) is 4.74 Å². The molecule has 1 heteroatoms. The van der Waals surface area contributed by atoms with Gasteiger partial charge in [0.05, 0.1) is 6.10 Å². The van der Waals surface area contributed by atoms with Gasteiger partial charge in [0.1, 0.15) is 0 Å². The Balaban J connectivity index is 2.30. The third kappa shape index (κ3) is 2.82. The van der Waals surface area contributed by atoms with E-state index in [9.17, 15) is 0 Å². The van der Waals surface area contributed by atoms with Gasteiger partial charge in [0.2, 0.25) is 0 Å². The maximum absolute atomic E-state index is 5.35. The van der Waals surface area contributed by atoms with E-state index in [0.717, 1.165) is 5.92 Å². The van der Waals surface area contributed by atoms with Gasteiger partial charge in [0.15, 0.2) is 0 Å². The zero-order valence-corrected chi connectivity index (χ0v) is 7.81. The minimum atomic E-state index is 0.480. The Hall–Kier alpha value is -0.0400. The summed E-state index contributed by atoms with van der Waals surface area (Å²) in [5.41, 5.74) is 0. The van der Waals surface area contributed by atoms with E-state index in [-0.39, 0.29) is 0 Å². The predicted octanol–water partition coefficient (Wildman–Crippen LogP) is 2.99. The molecular formula is C10H20O. The Morgan fingerprint density at radius 2 is 1.64 bits per heavy atom. The summed E-state index contributed by atoms with van der Waals surface area (Å²) in [6, 6.07) is 0. The molecule has 0 aromatic heterocycles. The van der Waals surface area contributed by atoms with Gasteiger partial charge in [0, 0.05) is 7.11 Å². The van der Waals surface area contributed by atoms with Crippen LogP contribution in [0.1, 0.15) is 45.4 Å². The van der Waals surface area contributed by atoms with E-state index in [1.807, 2.05) is 7.11 Å². The smallest absolute Gasteiger partial charge is 0.0571 e. The molecule has 0 saturated heterocycles. The summed E-state index contributed by atoms with van der Waals surface area (Å²) in [6.45, 7) is 2.20. The van der Waals surface area contributed by atoms with Crippen molar-refractivity contribution in [3.05, 3.63) is 0 Å². The van der Waals surface area contributed by atoms with Gasteiger partial charge >= 0.3 is 0 Å². The molecule has 1 rings (SSSR count). The molecule has 1 aliphatic rings. The van der Waals surface area contributed by atoms with Gasteiger partial charge in [-0.2, -0.15) is 0 Å². The fourth-order valence-electron chi connectivity index (χ4n) is 1.97. The van der Waals surface area contributed by atoms with Gasteiger partial charge < -0.3 is 4.74 Å². The Morgan fingerprint density at radius 3 is 2.09 bits per heavy atom. The summed E-state index contributed by atoms with van der Waals surface area (Å²) < 4.78 is 5.35. The first kappa shape index (κ1) is 9.05. The summed E-state index contributed by atoms with van der Waals surface area (Å²) in [5.74, 6) is 0.836. The molecule has 1 fully saturated rings. The lowest BCUT2D eigenvalue weighted by molar-refractivity contribution is 0.0604. The van der Waals surface area contributed by atoms with Crippen molar-refractivity contribution < 1.29 is 4.74 Å². The standard InChI is InChI=1S/C10H20O/c1-9(11-2)10-7-5-3-4-6-8-10/h9-10H,3-8H2,1-2H3. The quantitative estimate of drug-likeness (QED) is 0.558. The van der Waals surface area contributed by atoms with Crippen LogP contribution in [0.4, 0.5) is 0 Å². The van der Waals surface area contributed by atoms with E-state index in [1.54, 1.807) is 0 Å². The second-order valence-electron chi connectivity index (χ2n) is 3.69. The molecule has 0 bridgehead atoms. The van der Waals surface area contributed by atoms with Gasteiger partial charge in [-0.05, 0) is 25.7 Å². The second-order valence-corrected chi connectivity index (χ2v) is 3.69. The lowest BCUT2D eigenvalue weighted by Gasteiger charge is -2.20. The number of ether oxygens (including phenoxy) is 1. The van der Waals surface area contributed by atoms with Gasteiger partial charge in [-0.1, -0.05) is 25.7 Å². The van der Waals surface area contributed by atoms with Crippen molar-refractivity contribution in [2.45, 2.75) is 51.6 Å². The number of hydrogen-bond acceptors (Lipinski definition) is 1. The van der Waals surface area contributed by atoms with Crippen molar-refractivity contribution in [2.24, 2.45) is 5.92 Å².